The lowest BCUT2D eigenvalue weighted by atomic mass is 9.95. The van der Waals surface area contributed by atoms with Gasteiger partial charge in [0.2, 0.25) is 0 Å². The molecule has 2 aromatic rings. The fourth-order valence-corrected chi connectivity index (χ4v) is 3.87. The summed E-state index contributed by atoms with van der Waals surface area (Å²) in [6, 6.07) is 4.90. The molecule has 4 heteroatoms. The molecule has 1 aromatic carbocycles. The van der Waals surface area contributed by atoms with E-state index in [0.717, 1.165) is 29.7 Å². The summed E-state index contributed by atoms with van der Waals surface area (Å²) >= 11 is 0. The molecule has 1 heterocycles. The number of aromatic nitrogens is 2. The van der Waals surface area contributed by atoms with Gasteiger partial charge in [0, 0.05) is 17.6 Å². The van der Waals surface area contributed by atoms with Crippen LogP contribution >= 0.6 is 0 Å². The molecule has 1 fully saturated rings. The average molecular weight is 315 g/mol. The van der Waals surface area contributed by atoms with Crippen LogP contribution in [-0.4, -0.2) is 27.7 Å². The number of hydrogen-bond acceptors (Lipinski definition) is 3. The standard InChI is InChI=1S/C19H29N3O/c1-13(20-3)9-10-16-18(23)12-11-17-19(16)21-14(2)22(17)15-7-5-4-6-8-15/h11-13,15,20,23H,4-10H2,1-3H3. The van der Waals surface area contributed by atoms with Crippen molar-refractivity contribution in [3.8, 4) is 5.75 Å². The summed E-state index contributed by atoms with van der Waals surface area (Å²) in [5.41, 5.74) is 3.19. The van der Waals surface area contributed by atoms with E-state index >= 15 is 0 Å². The van der Waals surface area contributed by atoms with Gasteiger partial charge in [0.25, 0.3) is 0 Å². The van der Waals surface area contributed by atoms with Gasteiger partial charge in [0.15, 0.2) is 0 Å². The van der Waals surface area contributed by atoms with Crippen LogP contribution in [0.2, 0.25) is 0 Å². The molecule has 3 rings (SSSR count). The number of nitrogens with one attached hydrogen (secondary N) is 1. The van der Waals surface area contributed by atoms with Crippen LogP contribution in [0.5, 0.6) is 5.75 Å². The Balaban J connectivity index is 1.99. The third kappa shape index (κ3) is 3.23. The summed E-state index contributed by atoms with van der Waals surface area (Å²) in [4.78, 5) is 4.84. The van der Waals surface area contributed by atoms with Gasteiger partial charge in [0.05, 0.1) is 11.0 Å². The van der Waals surface area contributed by atoms with Crippen LogP contribution < -0.4 is 5.32 Å². The fourth-order valence-electron chi connectivity index (χ4n) is 3.87. The minimum atomic E-state index is 0.383. The van der Waals surface area contributed by atoms with E-state index in [-0.39, 0.29) is 0 Å². The molecule has 126 valence electrons. The highest BCUT2D eigenvalue weighted by Gasteiger charge is 2.22. The third-order valence-electron chi connectivity index (χ3n) is 5.38. The molecule has 0 aliphatic heterocycles. The summed E-state index contributed by atoms with van der Waals surface area (Å²) in [5.74, 6) is 1.47. The summed E-state index contributed by atoms with van der Waals surface area (Å²) in [7, 11) is 1.98. The normalized spacial score (nSPS) is 17.7. The molecule has 0 amide bonds. The Morgan fingerprint density at radius 2 is 2.04 bits per heavy atom. The largest absolute Gasteiger partial charge is 0.508 e. The number of nitrogens with zero attached hydrogens (tertiary/aromatic N) is 2. The van der Waals surface area contributed by atoms with E-state index in [0.29, 0.717) is 17.8 Å². The van der Waals surface area contributed by atoms with Crippen molar-refractivity contribution < 1.29 is 5.11 Å². The highest BCUT2D eigenvalue weighted by atomic mass is 16.3. The predicted molar refractivity (Wildman–Crippen MR) is 95.1 cm³/mol. The number of hydrogen-bond donors (Lipinski definition) is 2. The molecular formula is C19H29N3O. The van der Waals surface area contributed by atoms with Gasteiger partial charge in [0.1, 0.15) is 11.6 Å². The Morgan fingerprint density at radius 1 is 1.30 bits per heavy atom. The smallest absolute Gasteiger partial charge is 0.121 e. The van der Waals surface area contributed by atoms with Gasteiger partial charge in [-0.25, -0.2) is 4.98 Å². The predicted octanol–water partition coefficient (Wildman–Crippen LogP) is 4.10. The van der Waals surface area contributed by atoms with E-state index in [1.54, 1.807) is 0 Å². The van der Waals surface area contributed by atoms with E-state index in [1.165, 1.54) is 37.6 Å². The second kappa shape index (κ2) is 6.91. The van der Waals surface area contributed by atoms with Crippen LogP contribution in [0.3, 0.4) is 0 Å². The number of rotatable bonds is 5. The average Bonchev–Trinajstić information content (AvgIpc) is 2.90. The topological polar surface area (TPSA) is 50.1 Å². The van der Waals surface area contributed by atoms with Crippen molar-refractivity contribution in [2.24, 2.45) is 0 Å². The van der Waals surface area contributed by atoms with E-state index in [2.05, 4.69) is 23.7 Å². The van der Waals surface area contributed by atoms with E-state index in [4.69, 9.17) is 4.98 Å². The highest BCUT2D eigenvalue weighted by Crippen LogP contribution is 2.35. The zero-order valence-electron chi connectivity index (χ0n) is 14.6. The van der Waals surface area contributed by atoms with Gasteiger partial charge in [-0.1, -0.05) is 19.3 Å². The molecule has 0 saturated heterocycles. The molecule has 1 aromatic heterocycles. The van der Waals surface area contributed by atoms with Crippen LogP contribution in [0.25, 0.3) is 11.0 Å². The zero-order chi connectivity index (χ0) is 16.4. The van der Waals surface area contributed by atoms with E-state index < -0.39 is 0 Å². The zero-order valence-corrected chi connectivity index (χ0v) is 14.6. The second-order valence-corrected chi connectivity index (χ2v) is 6.98. The first kappa shape index (κ1) is 16.3. The molecule has 2 N–H and O–H groups in total. The first-order valence-electron chi connectivity index (χ1n) is 8.98. The molecule has 1 unspecified atom stereocenters. The van der Waals surface area contributed by atoms with Gasteiger partial charge in [-0.3, -0.25) is 0 Å². The first-order chi connectivity index (χ1) is 11.1. The number of aryl methyl sites for hydroxylation is 2. The van der Waals surface area contributed by atoms with Gasteiger partial charge in [-0.15, -0.1) is 0 Å². The molecule has 1 aliphatic carbocycles. The molecule has 1 aliphatic rings. The van der Waals surface area contributed by atoms with Crippen molar-refractivity contribution in [3.05, 3.63) is 23.5 Å². The van der Waals surface area contributed by atoms with Crippen molar-refractivity contribution in [1.82, 2.24) is 14.9 Å². The lowest BCUT2D eigenvalue weighted by Crippen LogP contribution is -2.21. The maximum absolute atomic E-state index is 10.3. The minimum absolute atomic E-state index is 0.383. The quantitative estimate of drug-likeness (QED) is 0.873. The summed E-state index contributed by atoms with van der Waals surface area (Å²) in [6.45, 7) is 4.27. The van der Waals surface area contributed by atoms with Crippen LogP contribution in [0.1, 0.15) is 62.9 Å². The summed E-state index contributed by atoms with van der Waals surface area (Å²) < 4.78 is 2.42. The number of imidazole rings is 1. The van der Waals surface area contributed by atoms with Gasteiger partial charge in [-0.2, -0.15) is 0 Å². The summed E-state index contributed by atoms with van der Waals surface area (Å²) in [5, 5.41) is 13.6. The molecule has 1 atom stereocenters. The molecule has 23 heavy (non-hydrogen) atoms. The van der Waals surface area contributed by atoms with Crippen LogP contribution in [0.4, 0.5) is 0 Å². The Kier molecular flexibility index (Phi) is 4.90. The Bertz CT molecular complexity index is 671. The number of fused-ring (bicyclic) bond motifs is 1. The van der Waals surface area contributed by atoms with Crippen molar-refractivity contribution in [2.45, 2.75) is 70.9 Å². The summed E-state index contributed by atoms with van der Waals surface area (Å²) in [6.07, 6.45) is 8.34. The molecule has 4 nitrogen and oxygen atoms in total. The maximum Gasteiger partial charge on any atom is 0.121 e. The Morgan fingerprint density at radius 3 is 2.74 bits per heavy atom. The third-order valence-corrected chi connectivity index (χ3v) is 5.38. The second-order valence-electron chi connectivity index (χ2n) is 6.98. The van der Waals surface area contributed by atoms with Gasteiger partial charge >= 0.3 is 0 Å². The van der Waals surface area contributed by atoms with Crippen LogP contribution in [-0.2, 0) is 6.42 Å². The minimum Gasteiger partial charge on any atom is -0.508 e. The maximum atomic E-state index is 10.3. The van der Waals surface area contributed by atoms with Gasteiger partial charge in [-0.05, 0) is 58.7 Å². The lowest BCUT2D eigenvalue weighted by Gasteiger charge is -2.25. The van der Waals surface area contributed by atoms with Crippen molar-refractivity contribution in [2.75, 3.05) is 7.05 Å². The van der Waals surface area contributed by atoms with Crippen molar-refractivity contribution in [1.29, 1.82) is 0 Å². The first-order valence-corrected chi connectivity index (χ1v) is 8.98. The van der Waals surface area contributed by atoms with Crippen LogP contribution in [0, 0.1) is 6.92 Å². The Labute approximate surface area is 138 Å². The van der Waals surface area contributed by atoms with Crippen LogP contribution in [0.15, 0.2) is 12.1 Å². The number of phenols is 1. The number of benzene rings is 1. The molecule has 0 bridgehead atoms. The Hall–Kier alpha value is -1.55. The van der Waals surface area contributed by atoms with E-state index in [9.17, 15) is 5.11 Å². The van der Waals surface area contributed by atoms with Gasteiger partial charge < -0.3 is 15.0 Å². The molecule has 1 saturated carbocycles. The fraction of sp³-hybridized carbons (Fsp3) is 0.632. The molecule has 0 radical (unpaired) electrons. The van der Waals surface area contributed by atoms with Crippen molar-refractivity contribution in [3.63, 3.8) is 0 Å². The number of aromatic hydroxyl groups is 1. The number of phenolic OH excluding ortho intramolecular Hbond substituents is 1. The molecule has 0 spiro atoms. The highest BCUT2D eigenvalue weighted by molar-refractivity contribution is 5.82. The van der Waals surface area contributed by atoms with Crippen molar-refractivity contribution >= 4 is 11.0 Å². The SMILES string of the molecule is CNC(C)CCc1c(O)ccc2c1nc(C)n2C1CCCCC1. The van der Waals surface area contributed by atoms with E-state index in [1.807, 2.05) is 19.2 Å². The molecular weight excluding hydrogens is 286 g/mol. The monoisotopic (exact) mass is 315 g/mol. The lowest BCUT2D eigenvalue weighted by molar-refractivity contribution is 0.355.